The molecule has 0 aliphatic rings. The molecule has 1 heterocycles. The Morgan fingerprint density at radius 2 is 2.23 bits per heavy atom. The van der Waals surface area contributed by atoms with E-state index in [9.17, 15) is 4.79 Å². The summed E-state index contributed by atoms with van der Waals surface area (Å²) in [6.45, 7) is 0.853. The number of nitrogens with zero attached hydrogens (tertiary/aromatic N) is 3. The Balaban J connectivity index is 1.99. The number of nitriles is 1. The molecule has 2 N–H and O–H groups in total. The number of aromatic nitrogens is 2. The van der Waals surface area contributed by atoms with Gasteiger partial charge in [-0.15, -0.1) is 0 Å². The summed E-state index contributed by atoms with van der Waals surface area (Å²) in [5, 5.41) is 14.5. The third kappa shape index (κ3) is 4.26. The fraction of sp³-hybridized carbons (Fsp3) is 0.200. The average Bonchev–Trinajstić information content (AvgIpc) is 2.56. The molecule has 112 valence electrons. The maximum atomic E-state index is 11.7. The molecule has 22 heavy (non-hydrogen) atoms. The van der Waals surface area contributed by atoms with Crippen molar-refractivity contribution in [3.05, 3.63) is 47.9 Å². The molecule has 7 heteroatoms. The summed E-state index contributed by atoms with van der Waals surface area (Å²) in [6.07, 6.45) is 2.85. The van der Waals surface area contributed by atoms with Crippen molar-refractivity contribution in [3.63, 3.8) is 0 Å². The minimum Gasteiger partial charge on any atom is -0.383 e. The van der Waals surface area contributed by atoms with Crippen molar-refractivity contribution in [1.29, 1.82) is 5.26 Å². The molecule has 0 fully saturated rings. The topological polar surface area (TPSA) is 99.9 Å². The molecule has 0 saturated carbocycles. The molecular weight excluding hydrogens is 282 g/mol. The van der Waals surface area contributed by atoms with E-state index in [2.05, 4.69) is 26.7 Å². The van der Waals surface area contributed by atoms with Gasteiger partial charge in [-0.1, -0.05) is 6.07 Å². The Morgan fingerprint density at radius 3 is 2.91 bits per heavy atom. The van der Waals surface area contributed by atoms with Crippen molar-refractivity contribution in [1.82, 2.24) is 15.3 Å². The highest BCUT2D eigenvalue weighted by Crippen LogP contribution is 2.14. The van der Waals surface area contributed by atoms with Gasteiger partial charge in [0.15, 0.2) is 0 Å². The predicted molar refractivity (Wildman–Crippen MR) is 80.7 cm³/mol. The fourth-order valence-corrected chi connectivity index (χ4v) is 1.68. The molecule has 7 nitrogen and oxygen atoms in total. The smallest absolute Gasteiger partial charge is 0.271 e. The number of benzene rings is 1. The van der Waals surface area contributed by atoms with Crippen LogP contribution in [0, 0.1) is 11.3 Å². The van der Waals surface area contributed by atoms with E-state index >= 15 is 0 Å². The molecule has 2 rings (SSSR count). The van der Waals surface area contributed by atoms with E-state index in [1.165, 1.54) is 12.4 Å². The first-order valence-electron chi connectivity index (χ1n) is 6.59. The number of carbonyl (C=O) groups excluding carboxylic acids is 1. The molecule has 1 aromatic heterocycles. The van der Waals surface area contributed by atoms with Crippen LogP contribution in [0.2, 0.25) is 0 Å². The van der Waals surface area contributed by atoms with Crippen LogP contribution < -0.4 is 10.6 Å². The van der Waals surface area contributed by atoms with Gasteiger partial charge in [0.2, 0.25) is 0 Å². The molecular formula is C15H15N5O2. The Labute approximate surface area is 128 Å². The normalized spacial score (nSPS) is 9.82. The quantitative estimate of drug-likeness (QED) is 0.783. The second-order valence-electron chi connectivity index (χ2n) is 4.35. The van der Waals surface area contributed by atoms with E-state index in [0.717, 1.165) is 5.69 Å². The lowest BCUT2D eigenvalue weighted by molar-refractivity contribution is 0.0932. The summed E-state index contributed by atoms with van der Waals surface area (Å²) in [4.78, 5) is 19.9. The zero-order valence-corrected chi connectivity index (χ0v) is 12.0. The Kier molecular flexibility index (Phi) is 5.40. The predicted octanol–water partition coefficient (Wildman–Crippen LogP) is 1.47. The minimum absolute atomic E-state index is 0.229. The highest BCUT2D eigenvalue weighted by atomic mass is 16.5. The largest absolute Gasteiger partial charge is 0.383 e. The Morgan fingerprint density at radius 1 is 1.36 bits per heavy atom. The summed E-state index contributed by atoms with van der Waals surface area (Å²) < 4.78 is 4.85. The van der Waals surface area contributed by atoms with Crippen LogP contribution in [0.4, 0.5) is 11.5 Å². The van der Waals surface area contributed by atoms with Gasteiger partial charge in [0.1, 0.15) is 11.5 Å². The summed E-state index contributed by atoms with van der Waals surface area (Å²) in [6, 6.07) is 9.06. The monoisotopic (exact) mass is 297 g/mol. The first kappa shape index (κ1) is 15.4. The van der Waals surface area contributed by atoms with Crippen molar-refractivity contribution < 1.29 is 9.53 Å². The van der Waals surface area contributed by atoms with Gasteiger partial charge in [0.25, 0.3) is 5.91 Å². The van der Waals surface area contributed by atoms with Crippen molar-refractivity contribution in [2.45, 2.75) is 0 Å². The first-order valence-corrected chi connectivity index (χ1v) is 6.59. The highest BCUT2D eigenvalue weighted by Gasteiger charge is 2.07. The van der Waals surface area contributed by atoms with Crippen molar-refractivity contribution in [2.24, 2.45) is 0 Å². The van der Waals surface area contributed by atoms with Gasteiger partial charge < -0.3 is 15.4 Å². The average molecular weight is 297 g/mol. The number of ether oxygens (including phenoxy) is 1. The summed E-state index contributed by atoms with van der Waals surface area (Å²) in [7, 11) is 1.56. The van der Waals surface area contributed by atoms with Crippen molar-refractivity contribution in [3.8, 4) is 6.07 Å². The number of methoxy groups -OCH3 is 1. The summed E-state index contributed by atoms with van der Waals surface area (Å²) in [5.41, 5.74) is 1.50. The summed E-state index contributed by atoms with van der Waals surface area (Å²) in [5.74, 6) is 0.186. The van der Waals surface area contributed by atoms with Crippen LogP contribution in [0.5, 0.6) is 0 Å². The van der Waals surface area contributed by atoms with E-state index < -0.39 is 0 Å². The van der Waals surface area contributed by atoms with Crippen LogP contribution in [0.1, 0.15) is 16.1 Å². The van der Waals surface area contributed by atoms with Gasteiger partial charge in [-0.05, 0) is 18.2 Å². The molecule has 0 radical (unpaired) electrons. The molecule has 0 spiro atoms. The molecule has 0 saturated heterocycles. The summed E-state index contributed by atoms with van der Waals surface area (Å²) >= 11 is 0. The number of anilines is 2. The first-order chi connectivity index (χ1) is 10.7. The zero-order chi connectivity index (χ0) is 15.8. The second kappa shape index (κ2) is 7.71. The van der Waals surface area contributed by atoms with Gasteiger partial charge in [0.05, 0.1) is 30.6 Å². The van der Waals surface area contributed by atoms with Crippen LogP contribution in [0.3, 0.4) is 0 Å². The molecule has 0 bridgehead atoms. The Hall–Kier alpha value is -2.98. The van der Waals surface area contributed by atoms with Gasteiger partial charge in [-0.3, -0.25) is 4.79 Å². The number of carbonyl (C=O) groups is 1. The van der Waals surface area contributed by atoms with Gasteiger partial charge in [-0.2, -0.15) is 5.26 Å². The lowest BCUT2D eigenvalue weighted by Crippen LogP contribution is -2.27. The third-order valence-corrected chi connectivity index (χ3v) is 2.74. The van der Waals surface area contributed by atoms with E-state index in [0.29, 0.717) is 24.5 Å². The Bertz CT molecular complexity index is 679. The fourth-order valence-electron chi connectivity index (χ4n) is 1.68. The van der Waals surface area contributed by atoms with Crippen LogP contribution in [0.15, 0.2) is 36.7 Å². The standard InChI is InChI=1S/C15H15N5O2/c1-22-6-5-17-15(21)13-9-19-14(10-18-13)20-12-4-2-3-11(7-12)8-16/h2-4,7,9-10H,5-6H2,1H3,(H,17,21)(H,19,20). The molecule has 0 aliphatic carbocycles. The molecule has 1 aromatic carbocycles. The molecule has 0 atom stereocenters. The van der Waals surface area contributed by atoms with E-state index in [1.54, 1.807) is 25.3 Å². The highest BCUT2D eigenvalue weighted by molar-refractivity contribution is 5.92. The third-order valence-electron chi connectivity index (χ3n) is 2.74. The minimum atomic E-state index is -0.303. The zero-order valence-electron chi connectivity index (χ0n) is 12.0. The maximum Gasteiger partial charge on any atom is 0.271 e. The number of rotatable bonds is 6. The van der Waals surface area contributed by atoms with E-state index in [1.807, 2.05) is 6.07 Å². The van der Waals surface area contributed by atoms with Gasteiger partial charge >= 0.3 is 0 Å². The lowest BCUT2D eigenvalue weighted by atomic mass is 10.2. The lowest BCUT2D eigenvalue weighted by Gasteiger charge is -2.07. The maximum absolute atomic E-state index is 11.7. The number of nitrogens with one attached hydrogen (secondary N) is 2. The van der Waals surface area contributed by atoms with Gasteiger partial charge in [-0.25, -0.2) is 9.97 Å². The van der Waals surface area contributed by atoms with E-state index in [-0.39, 0.29) is 11.6 Å². The van der Waals surface area contributed by atoms with Crippen LogP contribution >= 0.6 is 0 Å². The number of hydrogen-bond acceptors (Lipinski definition) is 6. The number of amides is 1. The van der Waals surface area contributed by atoms with Crippen LogP contribution in [-0.2, 0) is 4.74 Å². The molecule has 0 aliphatic heterocycles. The molecule has 1 amide bonds. The molecule has 0 unspecified atom stereocenters. The molecule has 2 aromatic rings. The van der Waals surface area contributed by atoms with Crippen LogP contribution in [-0.4, -0.2) is 36.1 Å². The van der Waals surface area contributed by atoms with Gasteiger partial charge in [0, 0.05) is 19.3 Å². The van der Waals surface area contributed by atoms with Crippen molar-refractivity contribution >= 4 is 17.4 Å². The second-order valence-corrected chi connectivity index (χ2v) is 4.35. The van der Waals surface area contributed by atoms with Crippen LogP contribution in [0.25, 0.3) is 0 Å². The SMILES string of the molecule is COCCNC(=O)c1cnc(Nc2cccc(C#N)c2)cn1. The van der Waals surface area contributed by atoms with E-state index in [4.69, 9.17) is 10.00 Å². The van der Waals surface area contributed by atoms with Crippen molar-refractivity contribution in [2.75, 3.05) is 25.6 Å². The number of hydrogen-bond donors (Lipinski definition) is 2.